The highest BCUT2D eigenvalue weighted by Gasteiger charge is 2.14. The summed E-state index contributed by atoms with van der Waals surface area (Å²) in [4.78, 5) is 4.64. The largest absolute Gasteiger partial charge is 0.368 e. The molecule has 2 rings (SSSR count). The van der Waals surface area contributed by atoms with Crippen LogP contribution in [0.5, 0.6) is 0 Å². The molecule has 4 heteroatoms. The number of nitrogens with zero attached hydrogens (tertiary/aromatic N) is 2. The smallest absolute Gasteiger partial charge is 0.135 e. The molecule has 0 aliphatic heterocycles. The van der Waals surface area contributed by atoms with Gasteiger partial charge in [0.05, 0.1) is 16.6 Å². The number of para-hydroxylation sites is 1. The quantitative estimate of drug-likeness (QED) is 0.905. The predicted octanol–water partition coefficient (Wildman–Crippen LogP) is 2.35. The molecular weight excluding hydrogens is 226 g/mol. The van der Waals surface area contributed by atoms with Gasteiger partial charge in [-0.3, -0.25) is 0 Å². The molecule has 98 valence electrons. The van der Waals surface area contributed by atoms with Crippen LogP contribution >= 0.6 is 0 Å². The van der Waals surface area contributed by atoms with Crippen LogP contribution in [-0.4, -0.2) is 15.2 Å². The molecule has 0 fully saturated rings. The van der Waals surface area contributed by atoms with E-state index in [-0.39, 0.29) is 5.60 Å². The van der Waals surface area contributed by atoms with Crippen molar-refractivity contribution < 1.29 is 4.74 Å². The average molecular weight is 247 g/mol. The first-order chi connectivity index (χ1) is 8.42. The Morgan fingerprint density at radius 2 is 2.06 bits per heavy atom. The lowest BCUT2D eigenvalue weighted by Crippen LogP contribution is -2.19. The first-order valence-corrected chi connectivity index (χ1v) is 6.19. The fraction of sp³-hybridized carbons (Fsp3) is 0.500. The summed E-state index contributed by atoms with van der Waals surface area (Å²) in [6, 6.07) is 6.09. The first kappa shape index (κ1) is 13.1. The standard InChI is InChI=1S/C14H21N3O/c1-14(2,3)18-9-12-16-13-10(8-15)6-5-7-11(13)17(12)4/h5-7H,8-9,15H2,1-4H3. The van der Waals surface area contributed by atoms with Crippen molar-refractivity contribution in [1.29, 1.82) is 0 Å². The number of aryl methyl sites for hydroxylation is 1. The van der Waals surface area contributed by atoms with E-state index in [0.717, 1.165) is 22.4 Å². The predicted molar refractivity (Wildman–Crippen MR) is 73.1 cm³/mol. The molecule has 0 aliphatic carbocycles. The lowest BCUT2D eigenvalue weighted by molar-refractivity contribution is -0.0188. The van der Waals surface area contributed by atoms with E-state index in [1.54, 1.807) is 0 Å². The van der Waals surface area contributed by atoms with Gasteiger partial charge in [0.1, 0.15) is 12.4 Å². The van der Waals surface area contributed by atoms with Crippen LogP contribution in [-0.2, 0) is 24.9 Å². The van der Waals surface area contributed by atoms with E-state index in [0.29, 0.717) is 13.2 Å². The Kier molecular flexibility index (Phi) is 3.41. The molecule has 0 aliphatic rings. The van der Waals surface area contributed by atoms with Crippen molar-refractivity contribution in [3.05, 3.63) is 29.6 Å². The number of hydrogen-bond donors (Lipinski definition) is 1. The van der Waals surface area contributed by atoms with Gasteiger partial charge in [-0.25, -0.2) is 4.98 Å². The minimum atomic E-state index is -0.158. The van der Waals surface area contributed by atoms with E-state index in [1.165, 1.54) is 0 Å². The summed E-state index contributed by atoms with van der Waals surface area (Å²) in [5, 5.41) is 0. The van der Waals surface area contributed by atoms with Crippen molar-refractivity contribution in [2.45, 2.75) is 39.5 Å². The van der Waals surface area contributed by atoms with E-state index in [4.69, 9.17) is 10.5 Å². The molecule has 0 bridgehead atoms. The number of benzene rings is 1. The zero-order valence-electron chi connectivity index (χ0n) is 11.5. The molecule has 1 aromatic carbocycles. The fourth-order valence-electron chi connectivity index (χ4n) is 1.90. The summed E-state index contributed by atoms with van der Waals surface area (Å²) >= 11 is 0. The topological polar surface area (TPSA) is 53.1 Å². The summed E-state index contributed by atoms with van der Waals surface area (Å²) in [7, 11) is 2.01. The van der Waals surface area contributed by atoms with Gasteiger partial charge in [0.15, 0.2) is 0 Å². The third-order valence-corrected chi connectivity index (χ3v) is 2.94. The van der Waals surface area contributed by atoms with Gasteiger partial charge >= 0.3 is 0 Å². The van der Waals surface area contributed by atoms with E-state index >= 15 is 0 Å². The SMILES string of the molecule is Cn1c(COC(C)(C)C)nc2c(CN)cccc21. The van der Waals surface area contributed by atoms with Gasteiger partial charge in [0.2, 0.25) is 0 Å². The molecule has 4 nitrogen and oxygen atoms in total. The van der Waals surface area contributed by atoms with Crippen molar-refractivity contribution >= 4 is 11.0 Å². The number of aromatic nitrogens is 2. The maximum absolute atomic E-state index is 5.78. The highest BCUT2D eigenvalue weighted by atomic mass is 16.5. The molecule has 0 saturated heterocycles. The summed E-state index contributed by atoms with van der Waals surface area (Å²) in [5.41, 5.74) is 8.74. The van der Waals surface area contributed by atoms with Gasteiger partial charge in [0, 0.05) is 13.6 Å². The second-order valence-electron chi connectivity index (χ2n) is 5.48. The van der Waals surface area contributed by atoms with Crippen LogP contribution < -0.4 is 5.73 Å². The molecule has 2 aromatic rings. The van der Waals surface area contributed by atoms with Crippen molar-refractivity contribution in [3.8, 4) is 0 Å². The monoisotopic (exact) mass is 247 g/mol. The van der Waals surface area contributed by atoms with Gasteiger partial charge in [-0.2, -0.15) is 0 Å². The van der Waals surface area contributed by atoms with Crippen LogP contribution in [0.15, 0.2) is 18.2 Å². The molecule has 0 amide bonds. The Bertz CT molecular complexity index is 552. The molecular formula is C14H21N3O. The molecule has 0 spiro atoms. The van der Waals surface area contributed by atoms with Crippen LogP contribution in [0.25, 0.3) is 11.0 Å². The minimum absolute atomic E-state index is 0.158. The van der Waals surface area contributed by atoms with Gasteiger partial charge in [0.25, 0.3) is 0 Å². The third-order valence-electron chi connectivity index (χ3n) is 2.94. The van der Waals surface area contributed by atoms with Crippen LogP contribution in [0.4, 0.5) is 0 Å². The third kappa shape index (κ3) is 2.54. The number of fused-ring (bicyclic) bond motifs is 1. The van der Waals surface area contributed by atoms with E-state index in [1.807, 2.05) is 40.0 Å². The lowest BCUT2D eigenvalue weighted by Gasteiger charge is -2.19. The van der Waals surface area contributed by atoms with Crippen LogP contribution in [0.2, 0.25) is 0 Å². The number of rotatable bonds is 3. The summed E-state index contributed by atoms with van der Waals surface area (Å²) in [5.74, 6) is 0.931. The maximum atomic E-state index is 5.78. The second kappa shape index (κ2) is 4.71. The van der Waals surface area contributed by atoms with Crippen LogP contribution in [0.1, 0.15) is 32.2 Å². The normalized spacial score (nSPS) is 12.3. The summed E-state index contributed by atoms with van der Waals surface area (Å²) < 4.78 is 7.85. The van der Waals surface area contributed by atoms with E-state index < -0.39 is 0 Å². The van der Waals surface area contributed by atoms with E-state index in [2.05, 4.69) is 15.6 Å². The Balaban J connectivity index is 2.38. The summed E-state index contributed by atoms with van der Waals surface area (Å²) in [6.07, 6.45) is 0. The first-order valence-electron chi connectivity index (χ1n) is 6.19. The highest BCUT2D eigenvalue weighted by molar-refractivity contribution is 5.79. The number of ether oxygens (including phenoxy) is 1. The Morgan fingerprint density at radius 3 is 2.67 bits per heavy atom. The fourth-order valence-corrected chi connectivity index (χ4v) is 1.90. The van der Waals surface area contributed by atoms with Gasteiger partial charge < -0.3 is 15.0 Å². The molecule has 2 N–H and O–H groups in total. The zero-order valence-corrected chi connectivity index (χ0v) is 11.5. The molecule has 0 atom stereocenters. The molecule has 1 aromatic heterocycles. The van der Waals surface area contributed by atoms with Gasteiger partial charge in [-0.05, 0) is 32.4 Å². The minimum Gasteiger partial charge on any atom is -0.368 e. The van der Waals surface area contributed by atoms with Crippen LogP contribution in [0, 0.1) is 0 Å². The Labute approximate surface area is 108 Å². The Morgan fingerprint density at radius 1 is 1.33 bits per heavy atom. The molecule has 0 radical (unpaired) electrons. The van der Waals surface area contributed by atoms with Crippen LogP contribution in [0.3, 0.4) is 0 Å². The van der Waals surface area contributed by atoms with Crippen molar-refractivity contribution in [1.82, 2.24) is 9.55 Å². The average Bonchev–Trinajstić information content (AvgIpc) is 2.63. The van der Waals surface area contributed by atoms with E-state index in [9.17, 15) is 0 Å². The van der Waals surface area contributed by atoms with Gasteiger partial charge in [-0.1, -0.05) is 12.1 Å². The number of nitrogens with two attached hydrogens (primary N) is 1. The van der Waals surface area contributed by atoms with Gasteiger partial charge in [-0.15, -0.1) is 0 Å². The zero-order chi connectivity index (χ0) is 13.3. The lowest BCUT2D eigenvalue weighted by atomic mass is 10.2. The molecule has 18 heavy (non-hydrogen) atoms. The molecule has 0 unspecified atom stereocenters. The Hall–Kier alpha value is -1.39. The van der Waals surface area contributed by atoms with Crippen molar-refractivity contribution in [2.75, 3.05) is 0 Å². The maximum Gasteiger partial charge on any atom is 0.135 e. The summed E-state index contributed by atoms with van der Waals surface area (Å²) in [6.45, 7) is 7.15. The number of imidazole rings is 1. The molecule has 0 saturated carbocycles. The second-order valence-corrected chi connectivity index (χ2v) is 5.48. The van der Waals surface area contributed by atoms with Crippen molar-refractivity contribution in [3.63, 3.8) is 0 Å². The molecule has 1 heterocycles. The number of hydrogen-bond acceptors (Lipinski definition) is 3. The highest BCUT2D eigenvalue weighted by Crippen LogP contribution is 2.20. The van der Waals surface area contributed by atoms with Crippen molar-refractivity contribution in [2.24, 2.45) is 12.8 Å².